The van der Waals surface area contributed by atoms with Crippen molar-refractivity contribution in [1.29, 1.82) is 0 Å². The summed E-state index contributed by atoms with van der Waals surface area (Å²) in [4.78, 5) is 12.1. The summed E-state index contributed by atoms with van der Waals surface area (Å²) >= 11 is 0. The number of nitrogens with one attached hydrogen (secondary N) is 1. The minimum atomic E-state index is -0.141. The Kier molecular flexibility index (Phi) is 5.79. The molecule has 2 unspecified atom stereocenters. The number of carbonyl (C=O) groups excluding carboxylic acids is 1. The molecule has 1 aromatic carbocycles. The number of aliphatic hydroxyl groups excluding tert-OH is 1. The Balaban J connectivity index is 1.93. The van der Waals surface area contributed by atoms with E-state index in [1.54, 1.807) is 0 Å². The van der Waals surface area contributed by atoms with Crippen molar-refractivity contribution in [2.24, 2.45) is 5.92 Å². The SMILES string of the molecule is CC(NC(=O)C1CCCOC1)c1ccc(C#CCO)cc1. The van der Waals surface area contributed by atoms with Crippen LogP contribution in [0.15, 0.2) is 24.3 Å². The molecule has 1 aliphatic rings. The minimum absolute atomic E-state index is 0.0316. The van der Waals surface area contributed by atoms with Crippen LogP contribution < -0.4 is 5.32 Å². The third-order valence-corrected chi connectivity index (χ3v) is 3.61. The standard InChI is InChI=1S/C17H21NO3/c1-13(18-17(20)16-5-3-11-21-12-16)15-8-6-14(7-9-15)4-2-10-19/h6-9,13,16,19H,3,5,10-12H2,1H3,(H,18,20). The molecular weight excluding hydrogens is 266 g/mol. The molecule has 0 spiro atoms. The van der Waals surface area contributed by atoms with Crippen molar-refractivity contribution in [2.45, 2.75) is 25.8 Å². The summed E-state index contributed by atoms with van der Waals surface area (Å²) < 4.78 is 5.35. The fraction of sp³-hybridized carbons (Fsp3) is 0.471. The monoisotopic (exact) mass is 287 g/mol. The maximum Gasteiger partial charge on any atom is 0.225 e. The van der Waals surface area contributed by atoms with Crippen molar-refractivity contribution in [1.82, 2.24) is 5.32 Å². The van der Waals surface area contributed by atoms with Crippen molar-refractivity contribution in [3.63, 3.8) is 0 Å². The van der Waals surface area contributed by atoms with Crippen molar-refractivity contribution in [3.8, 4) is 11.8 Å². The Morgan fingerprint density at radius 1 is 1.48 bits per heavy atom. The van der Waals surface area contributed by atoms with E-state index in [1.807, 2.05) is 31.2 Å². The van der Waals surface area contributed by atoms with E-state index in [9.17, 15) is 4.79 Å². The highest BCUT2D eigenvalue weighted by Gasteiger charge is 2.23. The molecule has 2 N–H and O–H groups in total. The number of amides is 1. The van der Waals surface area contributed by atoms with Crippen molar-refractivity contribution >= 4 is 5.91 Å². The van der Waals surface area contributed by atoms with Crippen molar-refractivity contribution in [2.75, 3.05) is 19.8 Å². The maximum atomic E-state index is 12.1. The highest BCUT2D eigenvalue weighted by Crippen LogP contribution is 2.17. The molecule has 1 heterocycles. The van der Waals surface area contributed by atoms with Gasteiger partial charge in [0.05, 0.1) is 18.6 Å². The Hall–Kier alpha value is -1.83. The van der Waals surface area contributed by atoms with E-state index >= 15 is 0 Å². The molecule has 1 aromatic rings. The molecule has 1 saturated heterocycles. The molecule has 1 aliphatic heterocycles. The number of carbonyl (C=O) groups is 1. The summed E-state index contributed by atoms with van der Waals surface area (Å²) in [5, 5.41) is 11.7. The van der Waals surface area contributed by atoms with Crippen LogP contribution in [0.25, 0.3) is 0 Å². The van der Waals surface area contributed by atoms with Gasteiger partial charge in [-0.15, -0.1) is 0 Å². The molecule has 4 nitrogen and oxygen atoms in total. The van der Waals surface area contributed by atoms with Gasteiger partial charge in [0, 0.05) is 12.2 Å². The third-order valence-electron chi connectivity index (χ3n) is 3.61. The van der Waals surface area contributed by atoms with Gasteiger partial charge in [-0.05, 0) is 37.5 Å². The van der Waals surface area contributed by atoms with Crippen LogP contribution in [0.2, 0.25) is 0 Å². The molecule has 1 fully saturated rings. The predicted molar refractivity (Wildman–Crippen MR) is 80.5 cm³/mol. The van der Waals surface area contributed by atoms with Gasteiger partial charge in [0.2, 0.25) is 5.91 Å². The first kappa shape index (κ1) is 15.6. The average molecular weight is 287 g/mol. The van der Waals surface area contributed by atoms with E-state index in [0.29, 0.717) is 6.61 Å². The van der Waals surface area contributed by atoms with Crippen LogP contribution in [0.4, 0.5) is 0 Å². The quantitative estimate of drug-likeness (QED) is 0.831. The van der Waals surface area contributed by atoms with Gasteiger partial charge >= 0.3 is 0 Å². The lowest BCUT2D eigenvalue weighted by Crippen LogP contribution is -2.36. The molecular formula is C17H21NO3. The smallest absolute Gasteiger partial charge is 0.225 e. The second kappa shape index (κ2) is 7.82. The van der Waals surface area contributed by atoms with Crippen LogP contribution >= 0.6 is 0 Å². The molecule has 112 valence electrons. The van der Waals surface area contributed by atoms with E-state index in [-0.39, 0.29) is 24.5 Å². The largest absolute Gasteiger partial charge is 0.384 e. The molecule has 21 heavy (non-hydrogen) atoms. The first-order chi connectivity index (χ1) is 10.2. The molecule has 2 atom stereocenters. The zero-order valence-electron chi connectivity index (χ0n) is 12.3. The third kappa shape index (κ3) is 4.59. The van der Waals surface area contributed by atoms with Gasteiger partial charge in [0.15, 0.2) is 0 Å². The van der Waals surface area contributed by atoms with Crippen LogP contribution in [0.1, 0.15) is 36.9 Å². The summed E-state index contributed by atoms with van der Waals surface area (Å²) in [6.07, 6.45) is 1.85. The van der Waals surface area contributed by atoms with Gasteiger partial charge in [0.1, 0.15) is 6.61 Å². The molecule has 2 rings (SSSR count). The minimum Gasteiger partial charge on any atom is -0.384 e. The van der Waals surface area contributed by atoms with E-state index in [2.05, 4.69) is 17.2 Å². The first-order valence-corrected chi connectivity index (χ1v) is 7.28. The Bertz CT molecular complexity index is 521. The van der Waals surface area contributed by atoms with E-state index in [1.165, 1.54) is 0 Å². The van der Waals surface area contributed by atoms with Crippen molar-refractivity contribution in [3.05, 3.63) is 35.4 Å². The second-order valence-electron chi connectivity index (χ2n) is 5.23. The summed E-state index contributed by atoms with van der Waals surface area (Å²) in [5.41, 5.74) is 1.89. The fourth-order valence-electron chi connectivity index (χ4n) is 2.36. The molecule has 0 bridgehead atoms. The molecule has 4 heteroatoms. The normalized spacial score (nSPS) is 19.2. The van der Waals surface area contributed by atoms with Crippen LogP contribution in [-0.4, -0.2) is 30.8 Å². The summed E-state index contributed by atoms with van der Waals surface area (Å²) in [5.74, 6) is 5.49. The Morgan fingerprint density at radius 3 is 2.86 bits per heavy atom. The van der Waals surface area contributed by atoms with Crippen LogP contribution in [0.3, 0.4) is 0 Å². The molecule has 0 aliphatic carbocycles. The van der Waals surface area contributed by atoms with Gasteiger partial charge in [-0.1, -0.05) is 24.0 Å². The van der Waals surface area contributed by atoms with Gasteiger partial charge in [-0.2, -0.15) is 0 Å². The average Bonchev–Trinajstić information content (AvgIpc) is 2.54. The molecule has 0 saturated carbocycles. The number of ether oxygens (including phenoxy) is 1. The highest BCUT2D eigenvalue weighted by molar-refractivity contribution is 5.79. The van der Waals surface area contributed by atoms with Crippen molar-refractivity contribution < 1.29 is 14.6 Å². The first-order valence-electron chi connectivity index (χ1n) is 7.28. The number of rotatable bonds is 3. The van der Waals surface area contributed by atoms with Gasteiger partial charge in [0.25, 0.3) is 0 Å². The van der Waals surface area contributed by atoms with Gasteiger partial charge in [-0.25, -0.2) is 0 Å². The summed E-state index contributed by atoms with van der Waals surface area (Å²) in [6.45, 7) is 3.11. The predicted octanol–water partition coefficient (Wildman–Crippen LogP) is 1.63. The fourth-order valence-corrected chi connectivity index (χ4v) is 2.36. The summed E-state index contributed by atoms with van der Waals surface area (Å²) in [6, 6.07) is 7.64. The zero-order chi connectivity index (χ0) is 15.1. The van der Waals surface area contributed by atoms with Crippen LogP contribution in [0.5, 0.6) is 0 Å². The highest BCUT2D eigenvalue weighted by atomic mass is 16.5. The lowest BCUT2D eigenvalue weighted by Gasteiger charge is -2.23. The topological polar surface area (TPSA) is 58.6 Å². The molecule has 0 radical (unpaired) electrons. The van der Waals surface area contributed by atoms with Gasteiger partial charge in [-0.3, -0.25) is 4.79 Å². The van der Waals surface area contributed by atoms with Crippen LogP contribution in [-0.2, 0) is 9.53 Å². The molecule has 1 amide bonds. The van der Waals surface area contributed by atoms with E-state index in [4.69, 9.17) is 9.84 Å². The Morgan fingerprint density at radius 2 is 2.24 bits per heavy atom. The zero-order valence-corrected chi connectivity index (χ0v) is 12.3. The molecule has 0 aromatic heterocycles. The van der Waals surface area contributed by atoms with Gasteiger partial charge < -0.3 is 15.2 Å². The van der Waals surface area contributed by atoms with E-state index < -0.39 is 0 Å². The number of aliphatic hydroxyl groups is 1. The lowest BCUT2D eigenvalue weighted by molar-refractivity contribution is -0.129. The second-order valence-corrected chi connectivity index (χ2v) is 5.23. The Labute approximate surface area is 125 Å². The number of hydrogen-bond acceptors (Lipinski definition) is 3. The lowest BCUT2D eigenvalue weighted by atomic mass is 10.00. The number of benzene rings is 1. The number of hydrogen-bond donors (Lipinski definition) is 2. The maximum absolute atomic E-state index is 12.1. The van der Waals surface area contributed by atoms with Crippen LogP contribution in [0, 0.1) is 17.8 Å². The van der Waals surface area contributed by atoms with E-state index in [0.717, 1.165) is 30.6 Å². The summed E-state index contributed by atoms with van der Waals surface area (Å²) in [7, 11) is 0.